The van der Waals surface area contributed by atoms with Crippen LogP contribution in [-0.2, 0) is 19.9 Å². The maximum absolute atomic E-state index is 12.1. The first kappa shape index (κ1) is 15.7. The lowest BCUT2D eigenvalue weighted by atomic mass is 9.92. The highest BCUT2D eigenvalue weighted by Crippen LogP contribution is 2.20. The molecule has 3 N–H and O–H groups in total. The highest BCUT2D eigenvalue weighted by molar-refractivity contribution is 9.10. The summed E-state index contributed by atoms with van der Waals surface area (Å²) in [4.78, 5) is 23.4. The molecule has 1 rings (SSSR count). The van der Waals surface area contributed by atoms with E-state index < -0.39 is 23.5 Å². The van der Waals surface area contributed by atoms with E-state index >= 15 is 0 Å². The molecule has 2 unspecified atom stereocenters. The molecular weight excluding hydrogens is 312 g/mol. The zero-order valence-electron chi connectivity index (χ0n) is 11.1. The van der Waals surface area contributed by atoms with Crippen LogP contribution in [0.2, 0.25) is 0 Å². The molecular formula is C13H17BrN2O3. The van der Waals surface area contributed by atoms with Crippen LogP contribution in [0.25, 0.3) is 0 Å². The summed E-state index contributed by atoms with van der Waals surface area (Å²) in [6, 6.07) is 6.38. The molecule has 1 aromatic rings. The van der Waals surface area contributed by atoms with E-state index in [0.717, 1.165) is 4.47 Å². The highest BCUT2D eigenvalue weighted by atomic mass is 79.9. The minimum absolute atomic E-state index is 0.437. The lowest BCUT2D eigenvalue weighted by molar-refractivity contribution is -0.145. The van der Waals surface area contributed by atoms with E-state index in [4.69, 9.17) is 5.73 Å². The lowest BCUT2D eigenvalue weighted by Gasteiger charge is -2.25. The summed E-state index contributed by atoms with van der Waals surface area (Å²) < 4.78 is 5.44. The van der Waals surface area contributed by atoms with Gasteiger partial charge in [-0.3, -0.25) is 4.79 Å². The van der Waals surface area contributed by atoms with E-state index in [0.29, 0.717) is 5.56 Å². The highest BCUT2D eigenvalue weighted by Gasteiger charge is 2.32. The van der Waals surface area contributed by atoms with Gasteiger partial charge in [0.15, 0.2) is 0 Å². The second-order valence-corrected chi connectivity index (χ2v) is 5.34. The average molecular weight is 329 g/mol. The molecule has 0 fully saturated rings. The number of benzene rings is 1. The third-order valence-electron chi connectivity index (χ3n) is 2.82. The maximum Gasteiger partial charge on any atom is 0.328 e. The molecule has 0 spiro atoms. The molecule has 0 aromatic heterocycles. The zero-order valence-corrected chi connectivity index (χ0v) is 12.7. The number of hydrogen-bond acceptors (Lipinski definition) is 4. The van der Waals surface area contributed by atoms with Gasteiger partial charge in [-0.15, -0.1) is 0 Å². The molecule has 0 saturated heterocycles. The fraction of sp³-hybridized carbons (Fsp3) is 0.385. The Morgan fingerprint density at radius 1 is 1.37 bits per heavy atom. The number of esters is 1. The Labute approximate surface area is 120 Å². The largest absolute Gasteiger partial charge is 0.467 e. The first-order chi connectivity index (χ1) is 8.78. The van der Waals surface area contributed by atoms with Crippen molar-refractivity contribution in [2.24, 2.45) is 5.73 Å². The number of halogens is 1. The molecule has 0 aliphatic carbocycles. The van der Waals surface area contributed by atoms with Gasteiger partial charge >= 0.3 is 5.97 Å². The molecule has 19 heavy (non-hydrogen) atoms. The van der Waals surface area contributed by atoms with Crippen LogP contribution in [0.15, 0.2) is 28.7 Å². The summed E-state index contributed by atoms with van der Waals surface area (Å²) in [5, 5.41) is 2.53. The molecule has 104 valence electrons. The van der Waals surface area contributed by atoms with Crippen molar-refractivity contribution in [2.45, 2.75) is 25.4 Å². The number of nitrogens with two attached hydrogens (primary N) is 1. The smallest absolute Gasteiger partial charge is 0.328 e. The summed E-state index contributed by atoms with van der Waals surface area (Å²) in [6.07, 6.45) is 0. The van der Waals surface area contributed by atoms with Gasteiger partial charge in [-0.25, -0.2) is 4.79 Å². The topological polar surface area (TPSA) is 81.4 Å². The second kappa shape index (κ2) is 6.16. The Kier molecular flexibility index (Phi) is 5.08. The van der Waals surface area contributed by atoms with Crippen molar-refractivity contribution in [3.05, 3.63) is 34.3 Å². The maximum atomic E-state index is 12.1. The van der Waals surface area contributed by atoms with E-state index in [-0.39, 0.29) is 0 Å². The summed E-state index contributed by atoms with van der Waals surface area (Å²) in [5.41, 5.74) is 5.48. The van der Waals surface area contributed by atoms with Crippen molar-refractivity contribution in [1.82, 2.24) is 5.32 Å². The number of rotatable bonds is 4. The zero-order chi connectivity index (χ0) is 14.6. The average Bonchev–Trinajstić information content (AvgIpc) is 2.38. The van der Waals surface area contributed by atoms with Crippen LogP contribution in [0.1, 0.15) is 19.4 Å². The standard InChI is InChI=1S/C13H17BrN2O3/c1-8(11(17)19-3)16-12(18)13(2,15)9-4-6-10(14)7-5-9/h4-8H,15H2,1-3H3,(H,16,18). The lowest BCUT2D eigenvalue weighted by Crippen LogP contribution is -2.53. The van der Waals surface area contributed by atoms with Crippen molar-refractivity contribution in [2.75, 3.05) is 7.11 Å². The molecule has 1 aromatic carbocycles. The van der Waals surface area contributed by atoms with Crippen molar-refractivity contribution in [3.8, 4) is 0 Å². The van der Waals surface area contributed by atoms with Crippen LogP contribution in [-0.4, -0.2) is 25.0 Å². The number of amides is 1. The number of carbonyl (C=O) groups excluding carboxylic acids is 2. The number of hydrogen-bond donors (Lipinski definition) is 2. The summed E-state index contributed by atoms with van der Waals surface area (Å²) >= 11 is 3.32. The van der Waals surface area contributed by atoms with Crippen LogP contribution in [0.5, 0.6) is 0 Å². The van der Waals surface area contributed by atoms with E-state index in [9.17, 15) is 9.59 Å². The van der Waals surface area contributed by atoms with Gasteiger partial charge in [-0.2, -0.15) is 0 Å². The van der Waals surface area contributed by atoms with Gasteiger partial charge in [-0.05, 0) is 31.5 Å². The van der Waals surface area contributed by atoms with Crippen LogP contribution in [0.3, 0.4) is 0 Å². The third-order valence-corrected chi connectivity index (χ3v) is 3.35. The van der Waals surface area contributed by atoms with Crippen molar-refractivity contribution >= 4 is 27.8 Å². The quantitative estimate of drug-likeness (QED) is 0.816. The minimum atomic E-state index is -1.22. The Morgan fingerprint density at radius 2 is 1.89 bits per heavy atom. The number of ether oxygens (including phenoxy) is 1. The van der Waals surface area contributed by atoms with Crippen molar-refractivity contribution < 1.29 is 14.3 Å². The van der Waals surface area contributed by atoms with Crippen LogP contribution in [0.4, 0.5) is 0 Å². The Morgan fingerprint density at radius 3 is 2.37 bits per heavy atom. The fourth-order valence-corrected chi connectivity index (χ4v) is 1.77. The summed E-state index contributed by atoms with van der Waals surface area (Å²) in [6.45, 7) is 3.14. The molecule has 2 atom stereocenters. The van der Waals surface area contributed by atoms with Gasteiger partial charge in [0.25, 0.3) is 0 Å². The van der Waals surface area contributed by atoms with Gasteiger partial charge in [-0.1, -0.05) is 28.1 Å². The molecule has 0 aliphatic heterocycles. The molecule has 1 amide bonds. The Balaban J connectivity index is 2.85. The SMILES string of the molecule is COC(=O)C(C)NC(=O)C(C)(N)c1ccc(Br)cc1. The molecule has 0 aliphatic rings. The second-order valence-electron chi connectivity index (χ2n) is 4.43. The first-order valence-corrected chi connectivity index (χ1v) is 6.52. The van der Waals surface area contributed by atoms with Crippen molar-refractivity contribution in [1.29, 1.82) is 0 Å². The summed E-state index contributed by atoms with van der Waals surface area (Å²) in [7, 11) is 1.27. The third kappa shape index (κ3) is 3.78. The molecule has 0 heterocycles. The number of nitrogens with one attached hydrogen (secondary N) is 1. The molecule has 5 nitrogen and oxygen atoms in total. The van der Waals surface area contributed by atoms with E-state index in [2.05, 4.69) is 26.0 Å². The van der Waals surface area contributed by atoms with Crippen LogP contribution in [0, 0.1) is 0 Å². The van der Waals surface area contributed by atoms with E-state index in [1.165, 1.54) is 7.11 Å². The monoisotopic (exact) mass is 328 g/mol. The predicted molar refractivity (Wildman–Crippen MR) is 75.3 cm³/mol. The molecule has 6 heteroatoms. The summed E-state index contributed by atoms with van der Waals surface area (Å²) in [5.74, 6) is -0.951. The van der Waals surface area contributed by atoms with Gasteiger partial charge < -0.3 is 15.8 Å². The predicted octanol–water partition coefficient (Wildman–Crippen LogP) is 1.30. The van der Waals surface area contributed by atoms with Crippen LogP contribution >= 0.6 is 15.9 Å². The van der Waals surface area contributed by atoms with Gasteiger partial charge in [0, 0.05) is 4.47 Å². The van der Waals surface area contributed by atoms with Gasteiger partial charge in [0.05, 0.1) is 7.11 Å². The minimum Gasteiger partial charge on any atom is -0.467 e. The molecule has 0 radical (unpaired) electrons. The number of methoxy groups -OCH3 is 1. The van der Waals surface area contributed by atoms with E-state index in [1.54, 1.807) is 38.1 Å². The van der Waals surface area contributed by atoms with Gasteiger partial charge in [0.1, 0.15) is 11.6 Å². The van der Waals surface area contributed by atoms with E-state index in [1.807, 2.05) is 0 Å². The first-order valence-electron chi connectivity index (χ1n) is 5.72. The molecule has 0 saturated carbocycles. The fourth-order valence-electron chi connectivity index (χ4n) is 1.51. The van der Waals surface area contributed by atoms with Crippen molar-refractivity contribution in [3.63, 3.8) is 0 Å². The molecule has 0 bridgehead atoms. The number of carbonyl (C=O) groups is 2. The normalized spacial score (nSPS) is 15.2. The van der Waals surface area contributed by atoms with Crippen LogP contribution < -0.4 is 11.1 Å². The van der Waals surface area contributed by atoms with Gasteiger partial charge in [0.2, 0.25) is 5.91 Å². The Bertz CT molecular complexity index is 471. The Hall–Kier alpha value is -1.40.